The lowest BCUT2D eigenvalue weighted by atomic mass is 10.4. The van der Waals surface area contributed by atoms with Crippen molar-refractivity contribution in [2.24, 2.45) is 11.5 Å². The van der Waals surface area contributed by atoms with E-state index in [0.717, 1.165) is 6.42 Å². The summed E-state index contributed by atoms with van der Waals surface area (Å²) in [5.74, 6) is -0.343. The molecule has 0 radical (unpaired) electrons. The van der Waals surface area contributed by atoms with Crippen molar-refractivity contribution in [3.05, 3.63) is 0 Å². The molecular weight excluding hydrogens is 172 g/mol. The average Bonchev–Trinajstić information content (AvgIpc) is 2.09. The zero-order valence-corrected chi connectivity index (χ0v) is 7.83. The Hall–Kier alpha value is -0.650. The summed E-state index contributed by atoms with van der Waals surface area (Å²) in [6.45, 7) is 2.71. The lowest BCUT2D eigenvalue weighted by Gasteiger charge is -2.03. The number of primary amides is 1. The van der Waals surface area contributed by atoms with E-state index in [9.17, 15) is 4.79 Å². The number of carbonyl (C=O) groups excluding carboxylic acids is 1. The van der Waals surface area contributed by atoms with Crippen LogP contribution >= 0.6 is 0 Å². The minimum Gasteiger partial charge on any atom is -0.379 e. The fourth-order valence-electron chi connectivity index (χ4n) is 0.680. The fraction of sp³-hybridized carbons (Fsp3) is 0.875. The van der Waals surface area contributed by atoms with E-state index in [0.29, 0.717) is 33.0 Å². The van der Waals surface area contributed by atoms with Crippen LogP contribution in [0.5, 0.6) is 0 Å². The van der Waals surface area contributed by atoms with Gasteiger partial charge in [-0.15, -0.1) is 0 Å². The first-order valence-electron chi connectivity index (χ1n) is 4.41. The number of ether oxygens (including phenoxy) is 2. The lowest BCUT2D eigenvalue weighted by molar-refractivity contribution is -0.119. The van der Waals surface area contributed by atoms with Crippen LogP contribution in [0.15, 0.2) is 0 Å². The molecule has 0 heterocycles. The van der Waals surface area contributed by atoms with Crippen LogP contribution in [0.3, 0.4) is 0 Å². The zero-order chi connectivity index (χ0) is 9.94. The van der Waals surface area contributed by atoms with E-state index in [4.69, 9.17) is 20.9 Å². The van der Waals surface area contributed by atoms with Crippen molar-refractivity contribution in [1.29, 1.82) is 0 Å². The molecule has 78 valence electrons. The maximum Gasteiger partial charge on any atom is 0.219 e. The first-order valence-corrected chi connectivity index (χ1v) is 4.41. The van der Waals surface area contributed by atoms with Crippen molar-refractivity contribution in [1.82, 2.24) is 0 Å². The van der Waals surface area contributed by atoms with Crippen molar-refractivity contribution < 1.29 is 14.3 Å². The largest absolute Gasteiger partial charge is 0.379 e. The van der Waals surface area contributed by atoms with Crippen molar-refractivity contribution in [3.8, 4) is 0 Å². The van der Waals surface area contributed by atoms with Crippen molar-refractivity contribution >= 4 is 5.91 Å². The van der Waals surface area contributed by atoms with Gasteiger partial charge in [-0.1, -0.05) is 0 Å². The molecule has 0 atom stereocenters. The van der Waals surface area contributed by atoms with Gasteiger partial charge in [-0.3, -0.25) is 4.79 Å². The SMILES string of the molecule is NCCCOCCOCCC(N)=O. The Morgan fingerprint density at radius 1 is 1.08 bits per heavy atom. The van der Waals surface area contributed by atoms with E-state index in [1.807, 2.05) is 0 Å². The molecular formula is C8H18N2O3. The fourth-order valence-corrected chi connectivity index (χ4v) is 0.680. The van der Waals surface area contributed by atoms with Crippen molar-refractivity contribution in [2.45, 2.75) is 12.8 Å². The molecule has 0 aromatic rings. The van der Waals surface area contributed by atoms with Crippen LogP contribution in [0.2, 0.25) is 0 Å². The van der Waals surface area contributed by atoms with Crippen LogP contribution in [0.1, 0.15) is 12.8 Å². The van der Waals surface area contributed by atoms with Crippen LogP contribution in [0.25, 0.3) is 0 Å². The highest BCUT2D eigenvalue weighted by atomic mass is 16.5. The van der Waals surface area contributed by atoms with Gasteiger partial charge in [0.05, 0.1) is 19.8 Å². The summed E-state index contributed by atoms with van der Waals surface area (Å²) in [5, 5.41) is 0. The second-order valence-electron chi connectivity index (χ2n) is 2.58. The first-order chi connectivity index (χ1) is 6.27. The van der Waals surface area contributed by atoms with Gasteiger partial charge in [0.1, 0.15) is 0 Å². The number of hydrogen-bond donors (Lipinski definition) is 2. The summed E-state index contributed by atoms with van der Waals surface area (Å²) >= 11 is 0. The molecule has 0 saturated carbocycles. The second-order valence-corrected chi connectivity index (χ2v) is 2.58. The van der Waals surface area contributed by atoms with Gasteiger partial charge < -0.3 is 20.9 Å². The molecule has 0 bridgehead atoms. The van der Waals surface area contributed by atoms with Crippen LogP contribution in [0, 0.1) is 0 Å². The van der Waals surface area contributed by atoms with Gasteiger partial charge in [0.2, 0.25) is 5.91 Å². The number of rotatable bonds is 9. The quantitative estimate of drug-likeness (QED) is 0.468. The Kier molecular flexibility index (Phi) is 8.97. The summed E-state index contributed by atoms with van der Waals surface area (Å²) < 4.78 is 10.2. The molecule has 0 fully saturated rings. The van der Waals surface area contributed by atoms with E-state index in [-0.39, 0.29) is 12.3 Å². The van der Waals surface area contributed by atoms with E-state index < -0.39 is 0 Å². The highest BCUT2D eigenvalue weighted by Gasteiger charge is 1.93. The Bertz CT molecular complexity index is 131. The van der Waals surface area contributed by atoms with E-state index >= 15 is 0 Å². The standard InChI is InChI=1S/C8H18N2O3/c9-3-1-4-12-6-7-13-5-2-8(10)11/h1-7,9H2,(H2,10,11). The summed E-state index contributed by atoms with van der Waals surface area (Å²) in [4.78, 5) is 10.3. The van der Waals surface area contributed by atoms with Gasteiger partial charge in [-0.05, 0) is 13.0 Å². The lowest BCUT2D eigenvalue weighted by Crippen LogP contribution is -2.15. The third-order valence-corrected chi connectivity index (χ3v) is 1.36. The second kappa shape index (κ2) is 9.44. The molecule has 0 spiro atoms. The maximum absolute atomic E-state index is 10.3. The molecule has 0 aromatic carbocycles. The third-order valence-electron chi connectivity index (χ3n) is 1.36. The van der Waals surface area contributed by atoms with Crippen LogP contribution in [-0.2, 0) is 14.3 Å². The molecule has 0 aromatic heterocycles. The summed E-state index contributed by atoms with van der Waals surface area (Å²) in [5.41, 5.74) is 10.2. The van der Waals surface area contributed by atoms with Crippen molar-refractivity contribution in [2.75, 3.05) is 33.0 Å². The number of hydrogen-bond acceptors (Lipinski definition) is 4. The molecule has 4 N–H and O–H groups in total. The number of carbonyl (C=O) groups is 1. The molecule has 5 nitrogen and oxygen atoms in total. The van der Waals surface area contributed by atoms with Gasteiger partial charge in [0.25, 0.3) is 0 Å². The normalized spacial score (nSPS) is 10.2. The van der Waals surface area contributed by atoms with E-state index in [1.54, 1.807) is 0 Å². The van der Waals surface area contributed by atoms with Crippen LogP contribution < -0.4 is 11.5 Å². The summed E-state index contributed by atoms with van der Waals surface area (Å²) in [6.07, 6.45) is 1.13. The molecule has 0 unspecified atom stereocenters. The van der Waals surface area contributed by atoms with Gasteiger partial charge in [-0.25, -0.2) is 0 Å². The molecule has 0 aliphatic heterocycles. The summed E-state index contributed by atoms with van der Waals surface area (Å²) in [6, 6.07) is 0. The number of nitrogens with two attached hydrogens (primary N) is 2. The highest BCUT2D eigenvalue weighted by Crippen LogP contribution is 1.84. The molecule has 0 rings (SSSR count). The van der Waals surface area contributed by atoms with Crippen LogP contribution in [-0.4, -0.2) is 38.9 Å². The average molecular weight is 190 g/mol. The third kappa shape index (κ3) is 11.3. The van der Waals surface area contributed by atoms with Gasteiger partial charge in [-0.2, -0.15) is 0 Å². The van der Waals surface area contributed by atoms with E-state index in [1.165, 1.54) is 0 Å². The smallest absolute Gasteiger partial charge is 0.219 e. The highest BCUT2D eigenvalue weighted by molar-refractivity contribution is 5.73. The Labute approximate surface area is 78.4 Å². The summed E-state index contributed by atoms with van der Waals surface area (Å²) in [7, 11) is 0. The molecule has 5 heteroatoms. The first kappa shape index (κ1) is 12.3. The minimum atomic E-state index is -0.343. The molecule has 13 heavy (non-hydrogen) atoms. The zero-order valence-electron chi connectivity index (χ0n) is 7.83. The molecule has 1 amide bonds. The topological polar surface area (TPSA) is 87.6 Å². The minimum absolute atomic E-state index is 0.267. The Balaban J connectivity index is 2.87. The predicted octanol–water partition coefficient (Wildman–Crippen LogP) is -0.756. The van der Waals surface area contributed by atoms with Gasteiger partial charge in [0.15, 0.2) is 0 Å². The monoisotopic (exact) mass is 190 g/mol. The molecule has 0 saturated heterocycles. The van der Waals surface area contributed by atoms with E-state index in [2.05, 4.69) is 0 Å². The maximum atomic E-state index is 10.3. The van der Waals surface area contributed by atoms with Crippen molar-refractivity contribution in [3.63, 3.8) is 0 Å². The molecule has 0 aliphatic carbocycles. The van der Waals surface area contributed by atoms with Gasteiger partial charge in [0, 0.05) is 13.0 Å². The van der Waals surface area contributed by atoms with Crippen LogP contribution in [0.4, 0.5) is 0 Å². The number of amides is 1. The Morgan fingerprint density at radius 2 is 1.69 bits per heavy atom. The predicted molar refractivity (Wildman–Crippen MR) is 49.1 cm³/mol. The van der Waals surface area contributed by atoms with Gasteiger partial charge >= 0.3 is 0 Å². The molecule has 0 aliphatic rings. The Morgan fingerprint density at radius 3 is 2.23 bits per heavy atom.